The van der Waals surface area contributed by atoms with Crippen molar-refractivity contribution >= 4 is 40.1 Å². The minimum absolute atomic E-state index is 0.113. The Morgan fingerprint density at radius 2 is 1.76 bits per heavy atom. The first-order valence-electron chi connectivity index (χ1n) is 9.09. The highest BCUT2D eigenvalue weighted by atomic mass is 16.5. The quantitative estimate of drug-likeness (QED) is 0.651. The lowest BCUT2D eigenvalue weighted by Crippen LogP contribution is -2.32. The van der Waals surface area contributed by atoms with Gasteiger partial charge in [-0.1, -0.05) is 18.2 Å². The number of benzene rings is 2. The van der Waals surface area contributed by atoms with E-state index in [-0.39, 0.29) is 24.8 Å². The molecule has 3 aromatic rings. The van der Waals surface area contributed by atoms with Crippen molar-refractivity contribution in [3.63, 3.8) is 0 Å². The molecule has 1 heterocycles. The van der Waals surface area contributed by atoms with Gasteiger partial charge in [0.05, 0.1) is 23.9 Å². The zero-order valence-electron chi connectivity index (χ0n) is 16.2. The van der Waals surface area contributed by atoms with Crippen LogP contribution < -0.4 is 10.2 Å². The molecule has 0 atom stereocenters. The second-order valence-electron chi connectivity index (χ2n) is 6.39. The van der Waals surface area contributed by atoms with E-state index >= 15 is 0 Å². The number of carbonyl (C=O) groups excluding carboxylic acids is 3. The van der Waals surface area contributed by atoms with Crippen LogP contribution in [0.4, 0.5) is 11.4 Å². The summed E-state index contributed by atoms with van der Waals surface area (Å²) in [4.78, 5) is 42.0. The van der Waals surface area contributed by atoms with Gasteiger partial charge in [0.2, 0.25) is 11.8 Å². The van der Waals surface area contributed by atoms with Crippen LogP contribution in [-0.4, -0.2) is 36.4 Å². The highest BCUT2D eigenvalue weighted by Gasteiger charge is 2.16. The Morgan fingerprint density at radius 3 is 2.45 bits per heavy atom. The lowest BCUT2D eigenvalue weighted by Gasteiger charge is -2.22. The number of rotatable bonds is 6. The van der Waals surface area contributed by atoms with Crippen LogP contribution in [-0.2, 0) is 14.3 Å². The summed E-state index contributed by atoms with van der Waals surface area (Å²) in [6.45, 7) is 1.68. The van der Waals surface area contributed by atoms with Gasteiger partial charge in [-0.05, 0) is 36.4 Å². The third-order valence-corrected chi connectivity index (χ3v) is 4.43. The third kappa shape index (κ3) is 4.76. The molecule has 0 fully saturated rings. The molecule has 29 heavy (non-hydrogen) atoms. The van der Waals surface area contributed by atoms with Crippen molar-refractivity contribution in [2.75, 3.05) is 23.9 Å². The number of para-hydroxylation sites is 1. The van der Waals surface area contributed by atoms with Crippen molar-refractivity contribution in [3.8, 4) is 0 Å². The molecule has 0 bridgehead atoms. The fourth-order valence-corrected chi connectivity index (χ4v) is 3.00. The van der Waals surface area contributed by atoms with Crippen molar-refractivity contribution in [1.82, 2.24) is 4.98 Å². The normalized spacial score (nSPS) is 10.4. The van der Waals surface area contributed by atoms with E-state index in [2.05, 4.69) is 15.0 Å². The highest BCUT2D eigenvalue weighted by Crippen LogP contribution is 2.25. The zero-order chi connectivity index (χ0) is 20.8. The van der Waals surface area contributed by atoms with Gasteiger partial charge < -0.3 is 15.0 Å². The summed E-state index contributed by atoms with van der Waals surface area (Å²) in [5.41, 5.74) is 2.34. The van der Waals surface area contributed by atoms with Gasteiger partial charge in [-0.25, -0.2) is 4.79 Å². The monoisotopic (exact) mass is 391 g/mol. The van der Waals surface area contributed by atoms with Crippen molar-refractivity contribution in [2.24, 2.45) is 0 Å². The third-order valence-electron chi connectivity index (χ3n) is 4.43. The average Bonchev–Trinajstić information content (AvgIpc) is 2.73. The van der Waals surface area contributed by atoms with E-state index in [1.807, 2.05) is 30.3 Å². The first-order chi connectivity index (χ1) is 14.0. The molecule has 0 aliphatic carbocycles. The number of methoxy groups -OCH3 is 1. The number of anilines is 2. The smallest absolute Gasteiger partial charge is 0.337 e. The second kappa shape index (κ2) is 8.97. The maximum Gasteiger partial charge on any atom is 0.337 e. The van der Waals surface area contributed by atoms with Crippen molar-refractivity contribution in [2.45, 2.75) is 13.3 Å². The van der Waals surface area contributed by atoms with Crippen molar-refractivity contribution in [1.29, 1.82) is 0 Å². The molecule has 0 spiro atoms. The van der Waals surface area contributed by atoms with Gasteiger partial charge in [0.15, 0.2) is 0 Å². The summed E-state index contributed by atoms with van der Waals surface area (Å²) in [7, 11) is 1.31. The van der Waals surface area contributed by atoms with E-state index in [1.165, 1.54) is 14.0 Å². The number of nitrogens with zero attached hydrogens (tertiary/aromatic N) is 2. The maximum absolute atomic E-state index is 12.4. The standard InChI is InChI=1S/C22H21N3O4/c1-15(26)25(19-7-3-5-16-6-4-13-23-21(16)19)14-12-20(27)24-18-10-8-17(9-11-18)22(28)29-2/h3-11,13H,12,14H2,1-2H3,(H,24,27). The van der Waals surface area contributed by atoms with Gasteiger partial charge in [-0.3, -0.25) is 14.6 Å². The molecular formula is C22H21N3O4. The number of carbonyl (C=O) groups is 3. The first-order valence-corrected chi connectivity index (χ1v) is 9.09. The van der Waals surface area contributed by atoms with Crippen LogP contribution in [0.15, 0.2) is 60.8 Å². The molecule has 148 valence electrons. The van der Waals surface area contributed by atoms with Gasteiger partial charge in [-0.2, -0.15) is 0 Å². The van der Waals surface area contributed by atoms with E-state index in [4.69, 9.17) is 0 Å². The molecule has 0 saturated carbocycles. The molecule has 7 heteroatoms. The minimum atomic E-state index is -0.441. The van der Waals surface area contributed by atoms with E-state index in [0.717, 1.165) is 5.39 Å². The van der Waals surface area contributed by atoms with Crippen LogP contribution >= 0.6 is 0 Å². The van der Waals surface area contributed by atoms with Crippen LogP contribution in [0, 0.1) is 0 Å². The molecule has 0 unspecified atom stereocenters. The van der Waals surface area contributed by atoms with Crippen LogP contribution in [0.5, 0.6) is 0 Å². The second-order valence-corrected chi connectivity index (χ2v) is 6.39. The Hall–Kier alpha value is -3.74. The van der Waals surface area contributed by atoms with E-state index in [9.17, 15) is 14.4 Å². The molecule has 2 amide bonds. The van der Waals surface area contributed by atoms with E-state index in [1.54, 1.807) is 35.4 Å². The molecular weight excluding hydrogens is 370 g/mol. The molecule has 1 aromatic heterocycles. The first kappa shape index (κ1) is 20.0. The lowest BCUT2D eigenvalue weighted by atomic mass is 10.1. The summed E-state index contributed by atoms with van der Waals surface area (Å²) in [6.07, 6.45) is 1.79. The van der Waals surface area contributed by atoms with Gasteiger partial charge in [0.25, 0.3) is 0 Å². The number of nitrogens with one attached hydrogen (secondary N) is 1. The summed E-state index contributed by atoms with van der Waals surface area (Å²) >= 11 is 0. The number of pyridine rings is 1. The number of fused-ring (bicyclic) bond motifs is 1. The Bertz CT molecular complexity index is 1040. The Kier molecular flexibility index (Phi) is 6.19. The van der Waals surface area contributed by atoms with Gasteiger partial charge in [0.1, 0.15) is 0 Å². The molecule has 3 rings (SSSR count). The summed E-state index contributed by atoms with van der Waals surface area (Å²) in [5.74, 6) is -0.850. The van der Waals surface area contributed by atoms with Crippen molar-refractivity contribution in [3.05, 3.63) is 66.4 Å². The largest absolute Gasteiger partial charge is 0.465 e. The number of ether oxygens (including phenoxy) is 1. The number of esters is 1. The number of amides is 2. The zero-order valence-corrected chi connectivity index (χ0v) is 16.2. The van der Waals surface area contributed by atoms with Gasteiger partial charge in [-0.15, -0.1) is 0 Å². The van der Waals surface area contributed by atoms with Crippen LogP contribution in [0.2, 0.25) is 0 Å². The predicted octanol–water partition coefficient (Wildman–Crippen LogP) is 3.40. The van der Waals surface area contributed by atoms with E-state index < -0.39 is 5.97 Å². The molecule has 0 aliphatic rings. The van der Waals surface area contributed by atoms with Crippen LogP contribution in [0.3, 0.4) is 0 Å². The SMILES string of the molecule is COC(=O)c1ccc(NC(=O)CCN(C(C)=O)c2cccc3cccnc23)cc1. The number of hydrogen-bond acceptors (Lipinski definition) is 5. The summed E-state index contributed by atoms with van der Waals surface area (Å²) < 4.78 is 4.65. The Balaban J connectivity index is 1.68. The van der Waals surface area contributed by atoms with Gasteiger partial charge >= 0.3 is 5.97 Å². The van der Waals surface area contributed by atoms with Crippen molar-refractivity contribution < 1.29 is 19.1 Å². The Morgan fingerprint density at radius 1 is 1.03 bits per heavy atom. The molecule has 0 saturated heterocycles. The predicted molar refractivity (Wildman–Crippen MR) is 111 cm³/mol. The molecule has 7 nitrogen and oxygen atoms in total. The van der Waals surface area contributed by atoms with Crippen LogP contribution in [0.1, 0.15) is 23.7 Å². The number of aromatic nitrogens is 1. The summed E-state index contributed by atoms with van der Waals surface area (Å²) in [6, 6.07) is 15.8. The lowest BCUT2D eigenvalue weighted by molar-refractivity contribution is -0.117. The highest BCUT2D eigenvalue weighted by molar-refractivity contribution is 6.02. The van der Waals surface area contributed by atoms with E-state index in [0.29, 0.717) is 22.5 Å². The van der Waals surface area contributed by atoms with Crippen LogP contribution in [0.25, 0.3) is 10.9 Å². The maximum atomic E-state index is 12.4. The topological polar surface area (TPSA) is 88.6 Å². The molecule has 0 aliphatic heterocycles. The summed E-state index contributed by atoms with van der Waals surface area (Å²) in [5, 5.41) is 3.69. The molecule has 1 N–H and O–H groups in total. The fraction of sp³-hybridized carbons (Fsp3) is 0.182. The Labute approximate surface area is 168 Å². The molecule has 0 radical (unpaired) electrons. The molecule has 2 aromatic carbocycles. The number of hydrogen-bond donors (Lipinski definition) is 1. The minimum Gasteiger partial charge on any atom is -0.465 e. The average molecular weight is 391 g/mol. The fourth-order valence-electron chi connectivity index (χ4n) is 3.00. The van der Waals surface area contributed by atoms with Gasteiger partial charge in [0, 0.05) is 37.2 Å².